The molecule has 0 aliphatic carbocycles. The van der Waals surface area contributed by atoms with Crippen LogP contribution in [0.1, 0.15) is 27.0 Å². The van der Waals surface area contributed by atoms with Crippen molar-refractivity contribution in [3.8, 4) is 23.0 Å². The minimum atomic E-state index is -0.173. The zero-order chi connectivity index (χ0) is 25.9. The minimum Gasteiger partial charge on any atom is -0.497 e. The predicted octanol–water partition coefficient (Wildman–Crippen LogP) is 4.65. The molecule has 5 rings (SSSR count). The molecule has 0 saturated heterocycles. The molecule has 1 aliphatic rings. The van der Waals surface area contributed by atoms with Crippen molar-refractivity contribution < 1.29 is 33.0 Å². The maximum Gasteiger partial charge on any atom is 0.260 e. The first-order valence-corrected chi connectivity index (χ1v) is 11.8. The van der Waals surface area contributed by atoms with Crippen molar-refractivity contribution in [3.05, 3.63) is 83.1 Å². The molecular formula is C29H27NO7. The summed E-state index contributed by atoms with van der Waals surface area (Å²) in [6.45, 7) is 0.943. The molecule has 8 nitrogen and oxygen atoms in total. The van der Waals surface area contributed by atoms with Gasteiger partial charge in [0.15, 0.2) is 23.9 Å². The van der Waals surface area contributed by atoms with Crippen LogP contribution in [0.3, 0.4) is 0 Å². The number of carbonyl (C=O) groups is 2. The smallest absolute Gasteiger partial charge is 0.260 e. The monoisotopic (exact) mass is 501 g/mol. The Hall–Kier alpha value is -4.46. The number of furan rings is 1. The second-order valence-corrected chi connectivity index (χ2v) is 8.69. The first kappa shape index (κ1) is 24.2. The Morgan fingerprint density at radius 2 is 1.57 bits per heavy atom. The largest absolute Gasteiger partial charge is 0.497 e. The summed E-state index contributed by atoms with van der Waals surface area (Å²) in [5.41, 5.74) is 3.67. The van der Waals surface area contributed by atoms with E-state index in [1.54, 1.807) is 68.7 Å². The predicted molar refractivity (Wildman–Crippen MR) is 137 cm³/mol. The number of carbonyl (C=O) groups excluding carboxylic acids is 2. The minimum absolute atomic E-state index is 0.117. The summed E-state index contributed by atoms with van der Waals surface area (Å²) in [6, 6.07) is 16.0. The van der Waals surface area contributed by atoms with E-state index in [9.17, 15) is 9.59 Å². The summed E-state index contributed by atoms with van der Waals surface area (Å²) in [5, 5.41) is 0.624. The molecular weight excluding hydrogens is 474 g/mol. The lowest BCUT2D eigenvalue weighted by Crippen LogP contribution is -2.38. The maximum absolute atomic E-state index is 13.1. The number of ketones is 1. The molecule has 0 saturated carbocycles. The SMILES string of the molecule is COc1ccc(C(=O)c2coc3ccc(OCC(=O)N4CCc5cc(OC)c(OC)cc5C4)cc23)cc1. The Balaban J connectivity index is 1.28. The van der Waals surface area contributed by atoms with Crippen LogP contribution in [0.25, 0.3) is 11.0 Å². The lowest BCUT2D eigenvalue weighted by molar-refractivity contribution is -0.134. The molecule has 2 heterocycles. The third kappa shape index (κ3) is 4.82. The van der Waals surface area contributed by atoms with Crippen LogP contribution >= 0.6 is 0 Å². The van der Waals surface area contributed by atoms with Gasteiger partial charge in [-0.2, -0.15) is 0 Å². The van der Waals surface area contributed by atoms with E-state index in [2.05, 4.69) is 0 Å². The van der Waals surface area contributed by atoms with Gasteiger partial charge in [-0.3, -0.25) is 9.59 Å². The second-order valence-electron chi connectivity index (χ2n) is 8.69. The van der Waals surface area contributed by atoms with Crippen LogP contribution in [0.5, 0.6) is 23.0 Å². The quantitative estimate of drug-likeness (QED) is 0.325. The van der Waals surface area contributed by atoms with Crippen molar-refractivity contribution >= 4 is 22.7 Å². The van der Waals surface area contributed by atoms with Gasteiger partial charge >= 0.3 is 0 Å². The average molecular weight is 502 g/mol. The van der Waals surface area contributed by atoms with Gasteiger partial charge in [0.2, 0.25) is 0 Å². The molecule has 0 bridgehead atoms. The van der Waals surface area contributed by atoms with E-state index in [1.807, 2.05) is 12.1 Å². The fraction of sp³-hybridized carbons (Fsp3) is 0.241. The highest BCUT2D eigenvalue weighted by Gasteiger charge is 2.23. The van der Waals surface area contributed by atoms with Crippen LogP contribution in [-0.2, 0) is 17.8 Å². The first-order chi connectivity index (χ1) is 18.0. The van der Waals surface area contributed by atoms with Gasteiger partial charge in [0, 0.05) is 24.0 Å². The number of hydrogen-bond acceptors (Lipinski definition) is 7. The summed E-state index contributed by atoms with van der Waals surface area (Å²) < 4.78 is 27.4. The molecule has 0 atom stereocenters. The van der Waals surface area contributed by atoms with E-state index < -0.39 is 0 Å². The van der Waals surface area contributed by atoms with Gasteiger partial charge in [-0.25, -0.2) is 0 Å². The molecule has 0 radical (unpaired) electrons. The van der Waals surface area contributed by atoms with Gasteiger partial charge in [-0.15, -0.1) is 0 Å². The Kier molecular flexibility index (Phi) is 6.72. The number of fused-ring (bicyclic) bond motifs is 2. The van der Waals surface area contributed by atoms with Gasteiger partial charge in [0.25, 0.3) is 5.91 Å². The Bertz CT molecular complexity index is 1460. The molecule has 3 aromatic carbocycles. The molecule has 0 fully saturated rings. The molecule has 8 heteroatoms. The van der Waals surface area contributed by atoms with Crippen LogP contribution in [0.2, 0.25) is 0 Å². The summed E-state index contributed by atoms with van der Waals surface area (Å²) >= 11 is 0. The Labute approximate surface area is 214 Å². The van der Waals surface area contributed by atoms with Crippen molar-refractivity contribution in [2.75, 3.05) is 34.5 Å². The standard InChI is InChI=1S/C29H27NO7/c1-33-21-6-4-18(5-7-21)29(32)24-16-37-25-9-8-22(14-23(24)25)36-17-28(31)30-11-10-19-12-26(34-2)27(35-3)13-20(19)15-30/h4-9,12-14,16H,10-11,15,17H2,1-3H3. The molecule has 0 unspecified atom stereocenters. The molecule has 1 aliphatic heterocycles. The average Bonchev–Trinajstić information content (AvgIpc) is 3.37. The van der Waals surface area contributed by atoms with E-state index in [0.29, 0.717) is 58.2 Å². The zero-order valence-corrected chi connectivity index (χ0v) is 20.9. The third-order valence-electron chi connectivity index (χ3n) is 6.57. The van der Waals surface area contributed by atoms with Crippen molar-refractivity contribution in [3.63, 3.8) is 0 Å². The van der Waals surface area contributed by atoms with Crippen LogP contribution in [-0.4, -0.2) is 51.1 Å². The van der Waals surface area contributed by atoms with Crippen molar-refractivity contribution in [1.82, 2.24) is 4.90 Å². The van der Waals surface area contributed by atoms with Crippen molar-refractivity contribution in [1.29, 1.82) is 0 Å². The third-order valence-corrected chi connectivity index (χ3v) is 6.57. The van der Waals surface area contributed by atoms with E-state index >= 15 is 0 Å². The molecule has 37 heavy (non-hydrogen) atoms. The number of methoxy groups -OCH3 is 3. The number of nitrogens with zero attached hydrogens (tertiary/aromatic N) is 1. The topological polar surface area (TPSA) is 87.4 Å². The highest BCUT2D eigenvalue weighted by atomic mass is 16.5. The van der Waals surface area contributed by atoms with Crippen molar-refractivity contribution in [2.24, 2.45) is 0 Å². The number of amides is 1. The van der Waals surface area contributed by atoms with E-state index in [1.165, 1.54) is 6.26 Å². The molecule has 1 amide bonds. The van der Waals surface area contributed by atoms with Crippen molar-refractivity contribution in [2.45, 2.75) is 13.0 Å². The van der Waals surface area contributed by atoms with Crippen LogP contribution in [0.15, 0.2) is 65.3 Å². The Morgan fingerprint density at radius 3 is 2.27 bits per heavy atom. The second kappa shape index (κ2) is 10.3. The Morgan fingerprint density at radius 1 is 0.865 bits per heavy atom. The number of hydrogen-bond donors (Lipinski definition) is 0. The zero-order valence-electron chi connectivity index (χ0n) is 20.9. The number of rotatable bonds is 8. The summed E-state index contributed by atoms with van der Waals surface area (Å²) in [6.07, 6.45) is 2.17. The first-order valence-electron chi connectivity index (χ1n) is 11.8. The molecule has 190 valence electrons. The maximum atomic E-state index is 13.1. The molecule has 0 spiro atoms. The summed E-state index contributed by atoms with van der Waals surface area (Å²) in [4.78, 5) is 27.8. The number of ether oxygens (including phenoxy) is 4. The fourth-order valence-corrected chi connectivity index (χ4v) is 4.50. The van der Waals surface area contributed by atoms with Crippen LogP contribution < -0.4 is 18.9 Å². The van der Waals surface area contributed by atoms with Gasteiger partial charge in [-0.05, 0) is 72.1 Å². The molecule has 4 aromatic rings. The van der Waals surface area contributed by atoms with E-state index in [4.69, 9.17) is 23.4 Å². The van der Waals surface area contributed by atoms with Gasteiger partial charge in [-0.1, -0.05) is 0 Å². The van der Waals surface area contributed by atoms with Gasteiger partial charge in [0.05, 0.1) is 26.9 Å². The van der Waals surface area contributed by atoms with E-state index in [-0.39, 0.29) is 18.3 Å². The molecule has 0 N–H and O–H groups in total. The van der Waals surface area contributed by atoms with Crippen LogP contribution in [0, 0.1) is 0 Å². The van der Waals surface area contributed by atoms with E-state index in [0.717, 1.165) is 17.5 Å². The number of benzene rings is 3. The lowest BCUT2D eigenvalue weighted by Gasteiger charge is -2.29. The lowest BCUT2D eigenvalue weighted by atomic mass is 9.99. The summed E-state index contributed by atoms with van der Waals surface area (Å²) in [5.74, 6) is 2.18. The molecule has 1 aromatic heterocycles. The summed E-state index contributed by atoms with van der Waals surface area (Å²) in [7, 11) is 4.78. The van der Waals surface area contributed by atoms with Gasteiger partial charge in [0.1, 0.15) is 23.3 Å². The normalized spacial score (nSPS) is 12.7. The van der Waals surface area contributed by atoms with Crippen LogP contribution in [0.4, 0.5) is 0 Å². The fourth-order valence-electron chi connectivity index (χ4n) is 4.50. The highest BCUT2D eigenvalue weighted by molar-refractivity contribution is 6.16. The van der Waals surface area contributed by atoms with Gasteiger partial charge < -0.3 is 28.3 Å². The highest BCUT2D eigenvalue weighted by Crippen LogP contribution is 2.33.